The fourth-order valence-corrected chi connectivity index (χ4v) is 3.07. The van der Waals surface area contributed by atoms with Crippen molar-refractivity contribution in [3.8, 4) is 11.5 Å². The quantitative estimate of drug-likeness (QED) is 0.507. The molecule has 4 rings (SSSR count). The largest absolute Gasteiger partial charge is 0.436 e. The van der Waals surface area contributed by atoms with Crippen molar-refractivity contribution >= 4 is 32.9 Å². The predicted molar refractivity (Wildman–Crippen MR) is 105 cm³/mol. The summed E-state index contributed by atoms with van der Waals surface area (Å²) in [6.07, 6.45) is 0. The molecule has 3 aromatic carbocycles. The van der Waals surface area contributed by atoms with E-state index in [-0.39, 0.29) is 5.91 Å². The lowest BCUT2D eigenvalue weighted by atomic mass is 10.1. The molecular formula is C21H15BrN2O2. The van der Waals surface area contributed by atoms with Gasteiger partial charge in [-0.25, -0.2) is 4.98 Å². The van der Waals surface area contributed by atoms with E-state index in [2.05, 4.69) is 26.2 Å². The van der Waals surface area contributed by atoms with E-state index in [1.165, 1.54) is 0 Å². The first-order valence-electron chi connectivity index (χ1n) is 8.18. The normalized spacial score (nSPS) is 10.8. The van der Waals surface area contributed by atoms with Crippen LogP contribution in [0.1, 0.15) is 15.9 Å². The van der Waals surface area contributed by atoms with E-state index >= 15 is 0 Å². The maximum atomic E-state index is 12.2. The summed E-state index contributed by atoms with van der Waals surface area (Å²) in [6.45, 7) is 0.458. The van der Waals surface area contributed by atoms with Gasteiger partial charge in [0, 0.05) is 22.1 Å². The van der Waals surface area contributed by atoms with Gasteiger partial charge in [0.25, 0.3) is 5.91 Å². The summed E-state index contributed by atoms with van der Waals surface area (Å²) in [5.41, 5.74) is 4.15. The lowest BCUT2D eigenvalue weighted by Crippen LogP contribution is -2.22. The highest BCUT2D eigenvalue weighted by Gasteiger charge is 2.08. The van der Waals surface area contributed by atoms with Gasteiger partial charge in [-0.2, -0.15) is 0 Å². The summed E-state index contributed by atoms with van der Waals surface area (Å²) in [5, 5.41) is 2.92. The first-order valence-corrected chi connectivity index (χ1v) is 8.97. The number of aromatic nitrogens is 1. The van der Waals surface area contributed by atoms with Gasteiger partial charge in [0.2, 0.25) is 5.89 Å². The van der Waals surface area contributed by atoms with Crippen LogP contribution in [0.2, 0.25) is 0 Å². The Morgan fingerprint density at radius 2 is 1.81 bits per heavy atom. The van der Waals surface area contributed by atoms with Crippen molar-refractivity contribution in [2.75, 3.05) is 0 Å². The minimum absolute atomic E-state index is 0.102. The van der Waals surface area contributed by atoms with Gasteiger partial charge >= 0.3 is 0 Å². The minimum atomic E-state index is -0.102. The molecule has 1 aromatic heterocycles. The summed E-state index contributed by atoms with van der Waals surface area (Å²) >= 11 is 3.37. The lowest BCUT2D eigenvalue weighted by Gasteiger charge is -2.06. The van der Waals surface area contributed by atoms with Crippen molar-refractivity contribution in [3.63, 3.8) is 0 Å². The Bertz CT molecular complexity index is 1040. The third-order valence-electron chi connectivity index (χ3n) is 4.03. The molecule has 0 radical (unpaired) electrons. The van der Waals surface area contributed by atoms with Gasteiger partial charge in [-0.3, -0.25) is 4.79 Å². The number of rotatable bonds is 4. The van der Waals surface area contributed by atoms with Gasteiger partial charge in [-0.05, 0) is 48.0 Å². The first-order chi connectivity index (χ1) is 12.7. The predicted octanol–water partition coefficient (Wildman–Crippen LogP) is 5.19. The van der Waals surface area contributed by atoms with Gasteiger partial charge in [0.1, 0.15) is 5.52 Å². The molecule has 0 fully saturated rings. The van der Waals surface area contributed by atoms with E-state index in [9.17, 15) is 4.79 Å². The number of halogens is 1. The Balaban J connectivity index is 1.45. The van der Waals surface area contributed by atoms with Crippen molar-refractivity contribution in [1.82, 2.24) is 10.3 Å². The number of hydrogen-bond acceptors (Lipinski definition) is 3. The molecule has 128 valence electrons. The van der Waals surface area contributed by atoms with E-state index in [1.54, 1.807) is 12.1 Å². The van der Waals surface area contributed by atoms with Crippen LogP contribution >= 0.6 is 15.9 Å². The summed E-state index contributed by atoms with van der Waals surface area (Å²) in [6, 6.07) is 22.8. The van der Waals surface area contributed by atoms with Gasteiger partial charge in [-0.1, -0.05) is 46.3 Å². The summed E-state index contributed by atoms with van der Waals surface area (Å²) in [7, 11) is 0. The SMILES string of the molecule is O=C(NCc1ccc(-c2nc3ccccc3o2)cc1)c1cccc(Br)c1. The minimum Gasteiger partial charge on any atom is -0.436 e. The number of nitrogens with zero attached hydrogens (tertiary/aromatic N) is 1. The molecule has 0 unspecified atom stereocenters. The molecule has 1 N–H and O–H groups in total. The molecular weight excluding hydrogens is 392 g/mol. The zero-order valence-corrected chi connectivity index (χ0v) is 15.4. The second-order valence-corrected chi connectivity index (χ2v) is 6.79. The average Bonchev–Trinajstić information content (AvgIpc) is 3.11. The third kappa shape index (κ3) is 3.53. The molecule has 0 atom stereocenters. The standard InChI is InChI=1S/C21H15BrN2O2/c22-17-5-3-4-16(12-17)20(25)23-13-14-8-10-15(11-9-14)21-24-18-6-1-2-7-19(18)26-21/h1-12H,13H2,(H,23,25). The Kier molecular flexibility index (Phi) is 4.54. The number of fused-ring (bicyclic) bond motifs is 1. The number of carbonyl (C=O) groups is 1. The van der Waals surface area contributed by atoms with Crippen molar-refractivity contribution in [1.29, 1.82) is 0 Å². The second-order valence-electron chi connectivity index (χ2n) is 5.88. The topological polar surface area (TPSA) is 55.1 Å². The van der Waals surface area contributed by atoms with E-state index < -0.39 is 0 Å². The molecule has 5 heteroatoms. The Morgan fingerprint density at radius 1 is 1.00 bits per heavy atom. The molecule has 4 aromatic rings. The second kappa shape index (κ2) is 7.14. The van der Waals surface area contributed by atoms with Crippen LogP contribution in [0.5, 0.6) is 0 Å². The summed E-state index contributed by atoms with van der Waals surface area (Å²) < 4.78 is 6.66. The van der Waals surface area contributed by atoms with E-state index in [4.69, 9.17) is 4.42 Å². The Labute approximate surface area is 159 Å². The maximum Gasteiger partial charge on any atom is 0.251 e. The van der Waals surface area contributed by atoms with Crippen LogP contribution in [-0.2, 0) is 6.54 Å². The fraction of sp³-hybridized carbons (Fsp3) is 0.0476. The van der Waals surface area contributed by atoms with Crippen LogP contribution in [-0.4, -0.2) is 10.9 Å². The Morgan fingerprint density at radius 3 is 2.58 bits per heavy atom. The van der Waals surface area contributed by atoms with Crippen molar-refractivity contribution in [3.05, 3.63) is 88.4 Å². The molecule has 26 heavy (non-hydrogen) atoms. The first kappa shape index (κ1) is 16.5. The average molecular weight is 407 g/mol. The van der Waals surface area contributed by atoms with Crippen molar-refractivity contribution < 1.29 is 9.21 Å². The number of amides is 1. The summed E-state index contributed by atoms with van der Waals surface area (Å²) in [4.78, 5) is 16.7. The van der Waals surface area contributed by atoms with Crippen molar-refractivity contribution in [2.45, 2.75) is 6.54 Å². The highest BCUT2D eigenvalue weighted by atomic mass is 79.9. The Hall–Kier alpha value is -2.92. The zero-order chi connectivity index (χ0) is 17.9. The van der Waals surface area contributed by atoms with Gasteiger partial charge in [0.05, 0.1) is 0 Å². The number of benzene rings is 3. The molecule has 0 saturated carbocycles. The van der Waals surface area contributed by atoms with Crippen LogP contribution in [0.15, 0.2) is 81.7 Å². The molecule has 0 bridgehead atoms. The molecule has 0 saturated heterocycles. The van der Waals surface area contributed by atoms with Crippen molar-refractivity contribution in [2.24, 2.45) is 0 Å². The van der Waals surface area contributed by atoms with Crippen LogP contribution < -0.4 is 5.32 Å². The summed E-state index contributed by atoms with van der Waals surface area (Å²) in [5.74, 6) is 0.491. The van der Waals surface area contributed by atoms with E-state index in [0.717, 1.165) is 26.7 Å². The van der Waals surface area contributed by atoms with Gasteiger partial charge in [-0.15, -0.1) is 0 Å². The molecule has 0 aliphatic heterocycles. The molecule has 1 amide bonds. The molecule has 4 nitrogen and oxygen atoms in total. The number of nitrogens with one attached hydrogen (secondary N) is 1. The number of hydrogen-bond donors (Lipinski definition) is 1. The molecule has 0 aliphatic carbocycles. The van der Waals surface area contributed by atoms with Crippen LogP contribution in [0.3, 0.4) is 0 Å². The van der Waals surface area contributed by atoms with Gasteiger partial charge in [0.15, 0.2) is 5.58 Å². The maximum absolute atomic E-state index is 12.2. The van der Waals surface area contributed by atoms with E-state index in [0.29, 0.717) is 18.0 Å². The van der Waals surface area contributed by atoms with Gasteiger partial charge < -0.3 is 9.73 Å². The molecule has 0 aliphatic rings. The lowest BCUT2D eigenvalue weighted by molar-refractivity contribution is 0.0951. The monoisotopic (exact) mass is 406 g/mol. The number of para-hydroxylation sites is 2. The highest BCUT2D eigenvalue weighted by molar-refractivity contribution is 9.10. The van der Waals surface area contributed by atoms with Crippen LogP contribution in [0.4, 0.5) is 0 Å². The van der Waals surface area contributed by atoms with E-state index in [1.807, 2.05) is 60.7 Å². The molecule has 0 spiro atoms. The third-order valence-corrected chi connectivity index (χ3v) is 4.53. The number of oxazole rings is 1. The highest BCUT2D eigenvalue weighted by Crippen LogP contribution is 2.24. The smallest absolute Gasteiger partial charge is 0.251 e. The molecule has 1 heterocycles. The number of carbonyl (C=O) groups excluding carboxylic acids is 1. The van der Waals surface area contributed by atoms with Crippen LogP contribution in [0, 0.1) is 0 Å². The zero-order valence-electron chi connectivity index (χ0n) is 13.8. The fourth-order valence-electron chi connectivity index (χ4n) is 2.67. The van der Waals surface area contributed by atoms with Crippen LogP contribution in [0.25, 0.3) is 22.6 Å².